The lowest BCUT2D eigenvalue weighted by atomic mass is 10.1. The van der Waals surface area contributed by atoms with Crippen molar-refractivity contribution in [1.29, 1.82) is 0 Å². The lowest BCUT2D eigenvalue weighted by Crippen LogP contribution is -2.32. The van der Waals surface area contributed by atoms with E-state index in [1.165, 1.54) is 0 Å². The quantitative estimate of drug-likeness (QED) is 0.676. The van der Waals surface area contributed by atoms with Crippen molar-refractivity contribution in [3.63, 3.8) is 0 Å². The number of carbonyl (C=O) groups excluding carboxylic acids is 1. The molecule has 7 heteroatoms. The molecule has 0 spiro atoms. The number of hydrogen-bond donors (Lipinski definition) is 1. The van der Waals surface area contributed by atoms with Gasteiger partial charge in [0, 0.05) is 24.9 Å². The number of halogens is 1. The van der Waals surface area contributed by atoms with Gasteiger partial charge in [0.25, 0.3) is 5.91 Å². The SMILES string of the molecule is O=C(NCC1CCCO1)c1nn(-c2ccccn2)c(-c2ccccc2)c1Br. The molecule has 1 N–H and O–H groups in total. The summed E-state index contributed by atoms with van der Waals surface area (Å²) in [6.07, 6.45) is 3.80. The fourth-order valence-corrected chi connectivity index (χ4v) is 3.79. The van der Waals surface area contributed by atoms with Crippen LogP contribution in [-0.4, -0.2) is 39.9 Å². The Morgan fingerprint density at radius 3 is 2.74 bits per heavy atom. The minimum Gasteiger partial charge on any atom is -0.376 e. The molecule has 1 aromatic carbocycles. The van der Waals surface area contributed by atoms with Gasteiger partial charge < -0.3 is 10.1 Å². The molecule has 1 fully saturated rings. The number of nitrogens with zero attached hydrogens (tertiary/aromatic N) is 3. The van der Waals surface area contributed by atoms with Crippen LogP contribution in [0.4, 0.5) is 0 Å². The van der Waals surface area contributed by atoms with Crippen LogP contribution in [0.15, 0.2) is 59.2 Å². The Hall–Kier alpha value is -2.51. The zero-order chi connectivity index (χ0) is 18.6. The van der Waals surface area contributed by atoms with Crippen molar-refractivity contribution in [2.45, 2.75) is 18.9 Å². The van der Waals surface area contributed by atoms with Crippen molar-refractivity contribution in [2.75, 3.05) is 13.2 Å². The van der Waals surface area contributed by atoms with Gasteiger partial charge in [-0.3, -0.25) is 4.79 Å². The zero-order valence-electron chi connectivity index (χ0n) is 14.6. The fraction of sp³-hybridized carbons (Fsp3) is 0.250. The highest BCUT2D eigenvalue weighted by Crippen LogP contribution is 2.33. The second-order valence-electron chi connectivity index (χ2n) is 6.32. The Bertz CT molecular complexity index is 922. The van der Waals surface area contributed by atoms with E-state index in [4.69, 9.17) is 4.74 Å². The van der Waals surface area contributed by atoms with Gasteiger partial charge in [-0.1, -0.05) is 36.4 Å². The normalized spacial score (nSPS) is 16.4. The van der Waals surface area contributed by atoms with Crippen molar-refractivity contribution in [3.8, 4) is 17.1 Å². The molecule has 6 nitrogen and oxygen atoms in total. The maximum Gasteiger partial charge on any atom is 0.273 e. The van der Waals surface area contributed by atoms with Crippen molar-refractivity contribution in [2.24, 2.45) is 0 Å². The van der Waals surface area contributed by atoms with E-state index >= 15 is 0 Å². The molecule has 4 rings (SSSR count). The molecule has 1 aliphatic heterocycles. The van der Waals surface area contributed by atoms with Crippen LogP contribution >= 0.6 is 15.9 Å². The molecule has 1 amide bonds. The minimum absolute atomic E-state index is 0.0826. The predicted octanol–water partition coefficient (Wildman–Crippen LogP) is 3.61. The van der Waals surface area contributed by atoms with Gasteiger partial charge in [0.2, 0.25) is 0 Å². The molecular weight excluding hydrogens is 408 g/mol. The Labute approximate surface area is 165 Å². The number of benzene rings is 1. The van der Waals surface area contributed by atoms with Crippen LogP contribution < -0.4 is 5.32 Å². The number of amides is 1. The molecule has 3 heterocycles. The van der Waals surface area contributed by atoms with Gasteiger partial charge in [-0.15, -0.1) is 0 Å². The topological polar surface area (TPSA) is 69.0 Å². The van der Waals surface area contributed by atoms with E-state index in [1.54, 1.807) is 10.9 Å². The Kier molecular flexibility index (Phi) is 5.31. The number of aromatic nitrogens is 3. The highest BCUT2D eigenvalue weighted by atomic mass is 79.9. The summed E-state index contributed by atoms with van der Waals surface area (Å²) in [5.41, 5.74) is 2.06. The summed E-state index contributed by atoms with van der Waals surface area (Å²) in [6.45, 7) is 1.25. The first-order valence-corrected chi connectivity index (χ1v) is 9.68. The maximum absolute atomic E-state index is 12.8. The molecule has 27 heavy (non-hydrogen) atoms. The summed E-state index contributed by atoms with van der Waals surface area (Å²) in [7, 11) is 0. The molecular formula is C20H19BrN4O2. The lowest BCUT2D eigenvalue weighted by Gasteiger charge is -2.09. The number of pyridine rings is 1. The number of ether oxygens (including phenoxy) is 1. The Morgan fingerprint density at radius 1 is 1.22 bits per heavy atom. The first kappa shape index (κ1) is 17.9. The van der Waals surface area contributed by atoms with Crippen LogP contribution in [0.5, 0.6) is 0 Å². The zero-order valence-corrected chi connectivity index (χ0v) is 16.2. The third-order valence-electron chi connectivity index (χ3n) is 4.47. The van der Waals surface area contributed by atoms with Gasteiger partial charge in [-0.05, 0) is 40.9 Å². The van der Waals surface area contributed by atoms with E-state index in [0.717, 1.165) is 30.7 Å². The van der Waals surface area contributed by atoms with Gasteiger partial charge in [0.15, 0.2) is 11.5 Å². The summed E-state index contributed by atoms with van der Waals surface area (Å²) in [6, 6.07) is 15.4. The van der Waals surface area contributed by atoms with Crippen molar-refractivity contribution < 1.29 is 9.53 Å². The van der Waals surface area contributed by atoms with E-state index in [0.29, 0.717) is 22.5 Å². The summed E-state index contributed by atoms with van der Waals surface area (Å²) >= 11 is 3.59. The number of hydrogen-bond acceptors (Lipinski definition) is 4. The number of carbonyl (C=O) groups is 1. The standard InChI is InChI=1S/C20H19BrN4O2/c21-17-18(20(26)23-13-15-9-6-12-27-15)24-25(16-10-4-5-11-22-16)19(17)14-7-2-1-3-8-14/h1-5,7-8,10-11,15H,6,9,12-13H2,(H,23,26). The van der Waals surface area contributed by atoms with Crippen molar-refractivity contribution in [1.82, 2.24) is 20.1 Å². The van der Waals surface area contributed by atoms with E-state index in [-0.39, 0.29) is 12.0 Å². The van der Waals surface area contributed by atoms with Crippen LogP contribution in [-0.2, 0) is 4.74 Å². The van der Waals surface area contributed by atoms with Gasteiger partial charge >= 0.3 is 0 Å². The predicted molar refractivity (Wildman–Crippen MR) is 106 cm³/mol. The fourth-order valence-electron chi connectivity index (χ4n) is 3.13. The second kappa shape index (κ2) is 8.02. The third kappa shape index (κ3) is 3.79. The average molecular weight is 427 g/mol. The van der Waals surface area contributed by atoms with Crippen LogP contribution in [0.25, 0.3) is 17.1 Å². The maximum atomic E-state index is 12.8. The lowest BCUT2D eigenvalue weighted by molar-refractivity contribution is 0.0852. The molecule has 1 saturated heterocycles. The van der Waals surface area contributed by atoms with Crippen LogP contribution in [0.1, 0.15) is 23.3 Å². The smallest absolute Gasteiger partial charge is 0.273 e. The molecule has 2 aromatic heterocycles. The average Bonchev–Trinajstić information content (AvgIpc) is 3.35. The van der Waals surface area contributed by atoms with Crippen molar-refractivity contribution in [3.05, 3.63) is 64.9 Å². The Balaban J connectivity index is 1.70. The molecule has 138 valence electrons. The summed E-state index contributed by atoms with van der Waals surface area (Å²) < 4.78 is 7.91. The van der Waals surface area contributed by atoms with Gasteiger partial charge in [0.05, 0.1) is 16.3 Å². The van der Waals surface area contributed by atoms with Crippen molar-refractivity contribution >= 4 is 21.8 Å². The van der Waals surface area contributed by atoms with E-state index in [1.807, 2.05) is 48.5 Å². The summed E-state index contributed by atoms with van der Waals surface area (Å²) in [5.74, 6) is 0.416. The number of rotatable bonds is 5. The first-order chi connectivity index (χ1) is 13.2. The summed E-state index contributed by atoms with van der Waals surface area (Å²) in [4.78, 5) is 17.1. The van der Waals surface area contributed by atoms with Crippen LogP contribution in [0, 0.1) is 0 Å². The van der Waals surface area contributed by atoms with E-state index in [2.05, 4.69) is 31.3 Å². The minimum atomic E-state index is -0.232. The Morgan fingerprint density at radius 2 is 2.04 bits per heavy atom. The monoisotopic (exact) mass is 426 g/mol. The molecule has 0 bridgehead atoms. The largest absolute Gasteiger partial charge is 0.376 e. The van der Waals surface area contributed by atoms with E-state index in [9.17, 15) is 4.79 Å². The van der Waals surface area contributed by atoms with Gasteiger partial charge in [-0.2, -0.15) is 5.10 Å². The third-order valence-corrected chi connectivity index (χ3v) is 5.22. The summed E-state index contributed by atoms with van der Waals surface area (Å²) in [5, 5.41) is 7.49. The highest BCUT2D eigenvalue weighted by molar-refractivity contribution is 9.10. The second-order valence-corrected chi connectivity index (χ2v) is 7.12. The van der Waals surface area contributed by atoms with E-state index < -0.39 is 0 Å². The van der Waals surface area contributed by atoms with Crippen LogP contribution in [0.3, 0.4) is 0 Å². The highest BCUT2D eigenvalue weighted by Gasteiger charge is 2.25. The molecule has 1 aliphatic rings. The van der Waals surface area contributed by atoms with Crippen LogP contribution in [0.2, 0.25) is 0 Å². The molecule has 3 aromatic rings. The molecule has 0 saturated carbocycles. The van der Waals surface area contributed by atoms with Gasteiger partial charge in [0.1, 0.15) is 0 Å². The first-order valence-electron chi connectivity index (χ1n) is 8.89. The molecule has 1 atom stereocenters. The molecule has 0 aliphatic carbocycles. The molecule has 0 radical (unpaired) electrons. The molecule has 1 unspecified atom stereocenters. The van der Waals surface area contributed by atoms with Gasteiger partial charge in [-0.25, -0.2) is 9.67 Å². The number of nitrogens with one attached hydrogen (secondary N) is 1.